The van der Waals surface area contributed by atoms with Gasteiger partial charge in [0.05, 0.1) is 16.7 Å². The van der Waals surface area contributed by atoms with Crippen molar-refractivity contribution in [2.24, 2.45) is 29.1 Å². The number of carboxylic acids is 1. The zero-order valence-electron chi connectivity index (χ0n) is 8.43. The Morgan fingerprint density at radius 1 is 1.44 bits per heavy atom. The first-order chi connectivity index (χ1) is 7.58. The number of hydrogen-bond donors (Lipinski definition) is 1. The van der Waals surface area contributed by atoms with Crippen LogP contribution < -0.4 is 0 Å². The maximum absolute atomic E-state index is 11.8. The van der Waals surface area contributed by atoms with Crippen LogP contribution in [0.15, 0.2) is 0 Å². The molecule has 4 nitrogen and oxygen atoms in total. The van der Waals surface area contributed by atoms with Gasteiger partial charge in [0.25, 0.3) is 0 Å². The maximum atomic E-state index is 11.8. The molecule has 4 rings (SSSR count). The van der Waals surface area contributed by atoms with Crippen LogP contribution >= 0.6 is 15.9 Å². The van der Waals surface area contributed by atoms with E-state index in [0.717, 1.165) is 12.8 Å². The summed E-state index contributed by atoms with van der Waals surface area (Å²) in [5.74, 6) is -1.75. The maximum Gasteiger partial charge on any atom is 0.310 e. The number of esters is 1. The largest absolute Gasteiger partial charge is 0.481 e. The average molecular weight is 287 g/mol. The molecule has 1 heterocycles. The average Bonchev–Trinajstić information content (AvgIpc) is 2.80. The Morgan fingerprint density at radius 3 is 2.69 bits per heavy atom. The minimum Gasteiger partial charge on any atom is -0.481 e. The van der Waals surface area contributed by atoms with Gasteiger partial charge < -0.3 is 9.84 Å². The van der Waals surface area contributed by atoms with Gasteiger partial charge in [0.2, 0.25) is 0 Å². The monoisotopic (exact) mass is 286 g/mol. The van der Waals surface area contributed by atoms with Crippen LogP contribution in [0.4, 0.5) is 0 Å². The third kappa shape index (κ3) is 0.753. The highest BCUT2D eigenvalue weighted by Gasteiger charge is 2.81. The lowest BCUT2D eigenvalue weighted by Crippen LogP contribution is -2.37. The van der Waals surface area contributed by atoms with Crippen LogP contribution in [0.25, 0.3) is 0 Å². The summed E-state index contributed by atoms with van der Waals surface area (Å²) in [6.07, 6.45) is 2.07. The van der Waals surface area contributed by atoms with Crippen LogP contribution in [0.3, 0.4) is 0 Å². The molecule has 0 aromatic carbocycles. The van der Waals surface area contributed by atoms with Crippen LogP contribution in [0.5, 0.6) is 0 Å². The topological polar surface area (TPSA) is 63.6 Å². The van der Waals surface area contributed by atoms with E-state index < -0.39 is 11.9 Å². The van der Waals surface area contributed by atoms with Crippen molar-refractivity contribution < 1.29 is 19.4 Å². The summed E-state index contributed by atoms with van der Waals surface area (Å²) >= 11 is 3.56. The molecule has 3 aliphatic carbocycles. The van der Waals surface area contributed by atoms with Crippen LogP contribution in [0.1, 0.15) is 12.8 Å². The summed E-state index contributed by atoms with van der Waals surface area (Å²) in [7, 11) is 0. The Labute approximate surface area is 100 Å². The Bertz CT molecular complexity index is 416. The predicted octanol–water partition coefficient (Wildman–Crippen LogP) is 1.03. The molecule has 1 spiro atoms. The number of alkyl halides is 1. The number of rotatable bonds is 1. The zero-order valence-corrected chi connectivity index (χ0v) is 10.0. The molecule has 0 amide bonds. The van der Waals surface area contributed by atoms with Gasteiger partial charge in [0.1, 0.15) is 6.10 Å². The molecule has 0 radical (unpaired) electrons. The molecule has 0 unspecified atom stereocenters. The first-order valence-electron chi connectivity index (χ1n) is 5.65. The van der Waals surface area contributed by atoms with Crippen molar-refractivity contribution >= 4 is 27.9 Å². The molecular formula is C11H11BrO4. The first kappa shape index (κ1) is 9.45. The van der Waals surface area contributed by atoms with E-state index in [1.807, 2.05) is 0 Å². The molecule has 4 aliphatic rings. The number of carbonyl (C=O) groups excluding carboxylic acids is 1. The summed E-state index contributed by atoms with van der Waals surface area (Å²) in [5.41, 5.74) is 0.110. The van der Waals surface area contributed by atoms with Gasteiger partial charge in [-0.1, -0.05) is 15.9 Å². The molecular weight excluding hydrogens is 276 g/mol. The van der Waals surface area contributed by atoms with Gasteiger partial charge >= 0.3 is 11.9 Å². The SMILES string of the molecule is O=C1O[C@H]2[C@@H](Br)[C@H]3[C@@H](C(=O)O)[C@@H]1[C@H]2C31CC1. The smallest absolute Gasteiger partial charge is 0.310 e. The number of hydrogen-bond acceptors (Lipinski definition) is 3. The molecule has 1 saturated heterocycles. The molecule has 3 saturated carbocycles. The molecule has 0 aromatic rings. The molecule has 1 aliphatic heterocycles. The minimum absolute atomic E-state index is 0.0452. The molecule has 16 heavy (non-hydrogen) atoms. The van der Waals surface area contributed by atoms with Crippen molar-refractivity contribution in [1.29, 1.82) is 0 Å². The van der Waals surface area contributed by atoms with E-state index in [1.54, 1.807) is 0 Å². The first-order valence-corrected chi connectivity index (χ1v) is 6.57. The molecule has 2 bridgehead atoms. The van der Waals surface area contributed by atoms with Gasteiger partial charge in [-0.2, -0.15) is 0 Å². The highest BCUT2D eigenvalue weighted by atomic mass is 79.9. The number of ether oxygens (including phenoxy) is 1. The van der Waals surface area contributed by atoms with E-state index in [-0.39, 0.29) is 40.1 Å². The van der Waals surface area contributed by atoms with Crippen molar-refractivity contribution in [3.8, 4) is 0 Å². The molecule has 0 aromatic heterocycles. The summed E-state index contributed by atoms with van der Waals surface area (Å²) < 4.78 is 5.36. The van der Waals surface area contributed by atoms with Crippen molar-refractivity contribution in [2.75, 3.05) is 0 Å². The second kappa shape index (κ2) is 2.47. The van der Waals surface area contributed by atoms with Crippen molar-refractivity contribution in [3.63, 3.8) is 0 Å². The third-order valence-corrected chi connectivity index (χ3v) is 6.23. The quantitative estimate of drug-likeness (QED) is 0.578. The summed E-state index contributed by atoms with van der Waals surface area (Å²) in [5, 5.41) is 9.32. The standard InChI is InChI=1S/C11H11BrO4/c12-7-5-3(9(13)14)4-6(11(5)1-2-11)8(7)16-10(4)15/h3-8H,1-2H2,(H,13,14)/t3-,4+,5+,6+,7-,8+/m0/s1. The second-order valence-electron chi connectivity index (χ2n) is 5.52. The molecule has 6 atom stereocenters. The van der Waals surface area contributed by atoms with Gasteiger partial charge in [-0.3, -0.25) is 9.59 Å². The second-order valence-corrected chi connectivity index (χ2v) is 6.58. The Hall–Kier alpha value is -0.580. The number of halogens is 1. The van der Waals surface area contributed by atoms with E-state index >= 15 is 0 Å². The van der Waals surface area contributed by atoms with E-state index in [0.29, 0.717) is 0 Å². The number of carbonyl (C=O) groups is 2. The van der Waals surface area contributed by atoms with Gasteiger partial charge in [-0.15, -0.1) is 0 Å². The predicted molar refractivity (Wildman–Crippen MR) is 55.9 cm³/mol. The zero-order chi connectivity index (χ0) is 11.2. The Kier molecular flexibility index (Phi) is 1.46. The van der Waals surface area contributed by atoms with Crippen molar-refractivity contribution in [2.45, 2.75) is 23.8 Å². The highest BCUT2D eigenvalue weighted by molar-refractivity contribution is 9.09. The summed E-state index contributed by atoms with van der Waals surface area (Å²) in [6.45, 7) is 0. The molecule has 1 N–H and O–H groups in total. The van der Waals surface area contributed by atoms with Crippen LogP contribution in [-0.2, 0) is 14.3 Å². The third-order valence-electron chi connectivity index (χ3n) is 5.14. The van der Waals surface area contributed by atoms with E-state index in [2.05, 4.69) is 15.9 Å². The van der Waals surface area contributed by atoms with Gasteiger partial charge in [0.15, 0.2) is 0 Å². The fourth-order valence-corrected chi connectivity index (χ4v) is 5.89. The van der Waals surface area contributed by atoms with Gasteiger partial charge in [0, 0.05) is 5.92 Å². The lowest BCUT2D eigenvalue weighted by Gasteiger charge is -2.25. The fraction of sp³-hybridized carbons (Fsp3) is 0.818. The normalized spacial score (nSPS) is 54.4. The van der Waals surface area contributed by atoms with Crippen LogP contribution in [0, 0.1) is 29.1 Å². The number of carboxylic acid groups (broad SMARTS) is 1. The van der Waals surface area contributed by atoms with E-state index in [9.17, 15) is 14.7 Å². The lowest BCUT2D eigenvalue weighted by molar-refractivity contribution is -0.151. The molecule has 86 valence electrons. The minimum atomic E-state index is -0.828. The molecule has 4 fully saturated rings. The highest BCUT2D eigenvalue weighted by Crippen LogP contribution is 2.77. The Morgan fingerprint density at radius 2 is 2.12 bits per heavy atom. The van der Waals surface area contributed by atoms with Crippen molar-refractivity contribution in [1.82, 2.24) is 0 Å². The van der Waals surface area contributed by atoms with E-state index in [1.165, 1.54) is 0 Å². The van der Waals surface area contributed by atoms with E-state index in [4.69, 9.17) is 4.74 Å². The van der Waals surface area contributed by atoms with Crippen LogP contribution in [0.2, 0.25) is 0 Å². The fourth-order valence-electron chi connectivity index (χ4n) is 4.60. The Balaban J connectivity index is 1.89. The summed E-state index contributed by atoms with van der Waals surface area (Å²) in [4.78, 5) is 23.2. The number of aliphatic carboxylic acids is 1. The van der Waals surface area contributed by atoms with Crippen LogP contribution in [-0.4, -0.2) is 28.0 Å². The van der Waals surface area contributed by atoms with Gasteiger partial charge in [-0.05, 0) is 24.2 Å². The van der Waals surface area contributed by atoms with Crippen molar-refractivity contribution in [3.05, 3.63) is 0 Å². The van der Waals surface area contributed by atoms with Gasteiger partial charge in [-0.25, -0.2) is 0 Å². The summed E-state index contributed by atoms with van der Waals surface area (Å²) in [6, 6.07) is 0. The lowest BCUT2D eigenvalue weighted by atomic mass is 9.80. The molecule has 5 heteroatoms.